The third-order valence-corrected chi connectivity index (χ3v) is 0. The van der Waals surface area contributed by atoms with Crippen LogP contribution in [0.3, 0.4) is 0 Å². The lowest BCUT2D eigenvalue weighted by Gasteiger charge is -1.92. The SMILES string of the molecule is C=C.C=C.C=C.C=C.C=C(C)[O-]. The van der Waals surface area contributed by atoms with E-state index < -0.39 is 0 Å². The summed E-state index contributed by atoms with van der Waals surface area (Å²) in [5.41, 5.74) is 0. The average Bonchev–Trinajstić information content (AvgIpc) is 2.16. The number of hydrogen-bond donors (Lipinski definition) is 0. The fraction of sp³-hybridized carbons (Fsp3) is 0.0909. The zero-order valence-corrected chi connectivity index (χ0v) is 8.27. The topological polar surface area (TPSA) is 23.1 Å². The molecule has 0 aromatic heterocycles. The molecule has 0 radical (unpaired) electrons. The minimum atomic E-state index is -0.0833. The van der Waals surface area contributed by atoms with Gasteiger partial charge in [0, 0.05) is 0 Å². The van der Waals surface area contributed by atoms with Crippen LogP contribution in [0, 0.1) is 0 Å². The molecular formula is C11H21O-. The van der Waals surface area contributed by atoms with Gasteiger partial charge in [-0.2, -0.15) is 0 Å². The van der Waals surface area contributed by atoms with Crippen molar-refractivity contribution in [1.29, 1.82) is 0 Å². The van der Waals surface area contributed by atoms with Gasteiger partial charge in [-0.05, 0) is 0 Å². The Hall–Kier alpha value is -1.50. The zero-order chi connectivity index (χ0) is 11.6. The summed E-state index contributed by atoms with van der Waals surface area (Å²) in [6.45, 7) is 28.4. The van der Waals surface area contributed by atoms with Gasteiger partial charge >= 0.3 is 0 Å². The molecule has 0 aliphatic heterocycles. The lowest BCUT2D eigenvalue weighted by atomic mass is 10.7. The highest BCUT2D eigenvalue weighted by Gasteiger charge is 1.36. The van der Waals surface area contributed by atoms with Crippen LogP contribution in [0.2, 0.25) is 0 Å². The zero-order valence-electron chi connectivity index (χ0n) is 8.27. The molecule has 0 aliphatic carbocycles. The average molecular weight is 169 g/mol. The molecule has 12 heavy (non-hydrogen) atoms. The van der Waals surface area contributed by atoms with Crippen molar-refractivity contribution in [2.24, 2.45) is 0 Å². The molecule has 0 rings (SSSR count). The van der Waals surface area contributed by atoms with Gasteiger partial charge in [0.2, 0.25) is 0 Å². The number of rotatable bonds is 0. The predicted octanol–water partition coefficient (Wildman–Crippen LogP) is 3.09. The summed E-state index contributed by atoms with van der Waals surface area (Å²) in [4.78, 5) is 0. The highest BCUT2D eigenvalue weighted by atomic mass is 16.3. The van der Waals surface area contributed by atoms with Crippen molar-refractivity contribution in [3.05, 3.63) is 65.0 Å². The Morgan fingerprint density at radius 3 is 0.750 bits per heavy atom. The van der Waals surface area contributed by atoms with Crippen molar-refractivity contribution < 1.29 is 5.11 Å². The Bertz CT molecular complexity index is 55.4. The minimum absolute atomic E-state index is 0.0833. The van der Waals surface area contributed by atoms with E-state index in [1.54, 1.807) is 0 Å². The Labute approximate surface area is 77.8 Å². The van der Waals surface area contributed by atoms with Crippen molar-refractivity contribution in [3.8, 4) is 0 Å². The molecule has 0 spiro atoms. The van der Waals surface area contributed by atoms with Gasteiger partial charge in [0.25, 0.3) is 0 Å². The van der Waals surface area contributed by atoms with Gasteiger partial charge in [-0.15, -0.1) is 65.0 Å². The van der Waals surface area contributed by atoms with E-state index in [-0.39, 0.29) is 5.76 Å². The number of allylic oxidation sites excluding steroid dienone is 1. The van der Waals surface area contributed by atoms with Crippen LogP contribution >= 0.6 is 0 Å². The largest absolute Gasteiger partial charge is 0.876 e. The highest BCUT2D eigenvalue weighted by Crippen LogP contribution is 1.57. The molecule has 0 saturated heterocycles. The summed E-state index contributed by atoms with van der Waals surface area (Å²) in [7, 11) is 0. The van der Waals surface area contributed by atoms with Crippen LogP contribution in [0.15, 0.2) is 65.0 Å². The van der Waals surface area contributed by atoms with E-state index in [0.29, 0.717) is 0 Å². The predicted molar refractivity (Wildman–Crippen MR) is 59.8 cm³/mol. The monoisotopic (exact) mass is 169 g/mol. The molecule has 0 heterocycles. The van der Waals surface area contributed by atoms with Crippen molar-refractivity contribution in [1.82, 2.24) is 0 Å². The maximum atomic E-state index is 9.33. The second-order valence-electron chi connectivity index (χ2n) is 0.702. The Morgan fingerprint density at radius 1 is 0.750 bits per heavy atom. The first kappa shape index (κ1) is 31.3. The van der Waals surface area contributed by atoms with Gasteiger partial charge < -0.3 is 5.11 Å². The Kier molecular flexibility index (Phi) is 796. The molecule has 0 aliphatic rings. The van der Waals surface area contributed by atoms with Gasteiger partial charge in [-0.3, -0.25) is 0 Å². The number of hydrogen-bond acceptors (Lipinski definition) is 1. The minimum Gasteiger partial charge on any atom is -0.876 e. The van der Waals surface area contributed by atoms with Gasteiger partial charge in [0.15, 0.2) is 0 Å². The van der Waals surface area contributed by atoms with Crippen LogP contribution < -0.4 is 5.11 Å². The molecule has 0 bridgehead atoms. The Morgan fingerprint density at radius 2 is 0.750 bits per heavy atom. The van der Waals surface area contributed by atoms with Crippen LogP contribution in [0.1, 0.15) is 6.92 Å². The lowest BCUT2D eigenvalue weighted by Crippen LogP contribution is -1.92. The molecule has 0 unspecified atom stereocenters. The summed E-state index contributed by atoms with van der Waals surface area (Å²) < 4.78 is 0. The molecule has 1 heteroatoms. The van der Waals surface area contributed by atoms with E-state index in [9.17, 15) is 5.11 Å². The van der Waals surface area contributed by atoms with E-state index in [0.717, 1.165) is 0 Å². The maximum Gasteiger partial charge on any atom is -0.0549 e. The molecule has 0 saturated carbocycles. The second kappa shape index (κ2) is 305. The van der Waals surface area contributed by atoms with E-state index in [2.05, 4.69) is 59.2 Å². The van der Waals surface area contributed by atoms with E-state index in [1.807, 2.05) is 0 Å². The van der Waals surface area contributed by atoms with E-state index >= 15 is 0 Å². The summed E-state index contributed by atoms with van der Waals surface area (Å²) in [6.07, 6.45) is 0. The molecule has 0 aromatic rings. The van der Waals surface area contributed by atoms with E-state index in [1.165, 1.54) is 6.92 Å². The molecule has 0 aromatic carbocycles. The van der Waals surface area contributed by atoms with Crippen molar-refractivity contribution in [2.45, 2.75) is 6.92 Å². The first-order valence-electron chi connectivity index (χ1n) is 3.06. The fourth-order valence-electron chi connectivity index (χ4n) is 0. The smallest absolute Gasteiger partial charge is 0.0549 e. The van der Waals surface area contributed by atoms with Gasteiger partial charge in [0.1, 0.15) is 0 Å². The van der Waals surface area contributed by atoms with Crippen molar-refractivity contribution in [2.75, 3.05) is 0 Å². The van der Waals surface area contributed by atoms with Crippen LogP contribution in [-0.4, -0.2) is 0 Å². The summed E-state index contributed by atoms with van der Waals surface area (Å²) in [5, 5.41) is 9.33. The molecule has 72 valence electrons. The first-order chi connectivity index (χ1) is 5.73. The van der Waals surface area contributed by atoms with Crippen molar-refractivity contribution in [3.63, 3.8) is 0 Å². The normalized spacial score (nSPS) is 3.42. The molecule has 0 atom stereocenters. The highest BCUT2D eigenvalue weighted by molar-refractivity contribution is 4.64. The van der Waals surface area contributed by atoms with Crippen LogP contribution in [0.25, 0.3) is 0 Å². The quantitative estimate of drug-likeness (QED) is 0.403. The van der Waals surface area contributed by atoms with Gasteiger partial charge in [-0.1, -0.05) is 6.92 Å². The third kappa shape index (κ3) is 213. The van der Waals surface area contributed by atoms with Crippen LogP contribution in [-0.2, 0) is 0 Å². The first-order valence-corrected chi connectivity index (χ1v) is 3.06. The third-order valence-electron chi connectivity index (χ3n) is 0. The summed E-state index contributed by atoms with van der Waals surface area (Å²) in [5.74, 6) is -0.0833. The van der Waals surface area contributed by atoms with Gasteiger partial charge in [0.05, 0.1) is 0 Å². The molecule has 0 N–H and O–H groups in total. The summed E-state index contributed by atoms with van der Waals surface area (Å²) >= 11 is 0. The molecular weight excluding hydrogens is 148 g/mol. The fourth-order valence-corrected chi connectivity index (χ4v) is 0. The van der Waals surface area contributed by atoms with E-state index in [4.69, 9.17) is 0 Å². The molecule has 1 nitrogen and oxygen atoms in total. The molecule has 0 fully saturated rings. The second-order valence-corrected chi connectivity index (χ2v) is 0.702. The lowest BCUT2D eigenvalue weighted by molar-refractivity contribution is -0.300. The standard InChI is InChI=1S/C3H6O.4C2H4/c1-3(2)4;4*1-2/h4H,1H2,2H3;4*1-2H2/p-1. The maximum absolute atomic E-state index is 9.33. The van der Waals surface area contributed by atoms with Gasteiger partial charge in [-0.25, -0.2) is 0 Å². The van der Waals surface area contributed by atoms with Crippen molar-refractivity contribution >= 4 is 0 Å². The van der Waals surface area contributed by atoms with Crippen LogP contribution in [0.5, 0.6) is 0 Å². The van der Waals surface area contributed by atoms with Crippen LogP contribution in [0.4, 0.5) is 0 Å². The molecule has 0 amide bonds. The summed E-state index contributed by atoms with van der Waals surface area (Å²) in [6, 6.07) is 0. The Balaban J connectivity index is -0.0000000181.